The molecule has 0 radical (unpaired) electrons. The average Bonchev–Trinajstić information content (AvgIpc) is 3.69. The molecule has 1 aromatic heterocycles. The lowest BCUT2D eigenvalue weighted by molar-refractivity contribution is 0.0951. The molecule has 0 aliphatic heterocycles. The Kier molecular flexibility index (Phi) is 7.77. The molecule has 1 heterocycles. The highest BCUT2D eigenvalue weighted by atomic mass is 16.5. The number of aromatic nitrogens is 2. The van der Waals surface area contributed by atoms with Gasteiger partial charge in [-0.25, -0.2) is 4.98 Å². The minimum absolute atomic E-state index is 0.109. The van der Waals surface area contributed by atoms with Gasteiger partial charge in [0.2, 0.25) is 0 Å². The number of hydrogen-bond donors (Lipinski definition) is 2. The highest BCUT2D eigenvalue weighted by Gasteiger charge is 2.27. The summed E-state index contributed by atoms with van der Waals surface area (Å²) in [6.07, 6.45) is 8.07. The van der Waals surface area contributed by atoms with Crippen molar-refractivity contribution >= 4 is 11.7 Å². The van der Waals surface area contributed by atoms with Crippen LogP contribution in [0.5, 0.6) is 5.75 Å². The third-order valence-electron chi connectivity index (χ3n) is 6.49. The van der Waals surface area contributed by atoms with Gasteiger partial charge in [-0.3, -0.25) is 14.2 Å². The van der Waals surface area contributed by atoms with Gasteiger partial charge in [-0.05, 0) is 63.3 Å². The molecule has 1 amide bonds. The largest absolute Gasteiger partial charge is 0.493 e. The molecule has 7 heteroatoms. The van der Waals surface area contributed by atoms with Crippen LogP contribution < -0.4 is 20.9 Å². The van der Waals surface area contributed by atoms with Crippen LogP contribution in [0.25, 0.3) is 5.69 Å². The fourth-order valence-corrected chi connectivity index (χ4v) is 4.21. The molecule has 4 rings (SSSR count). The van der Waals surface area contributed by atoms with Crippen molar-refractivity contribution in [3.63, 3.8) is 0 Å². The Bertz CT molecular complexity index is 1280. The van der Waals surface area contributed by atoms with Crippen molar-refractivity contribution in [1.82, 2.24) is 14.9 Å². The lowest BCUT2D eigenvalue weighted by Crippen LogP contribution is -2.34. The topological polar surface area (TPSA) is 85.2 Å². The predicted molar refractivity (Wildman–Crippen MR) is 143 cm³/mol. The van der Waals surface area contributed by atoms with Crippen LogP contribution in [-0.4, -0.2) is 28.1 Å². The predicted octanol–water partition coefficient (Wildman–Crippen LogP) is 5.21. The molecule has 0 saturated heterocycles. The number of nitrogens with one attached hydrogen (secondary N) is 2. The molecule has 36 heavy (non-hydrogen) atoms. The zero-order chi connectivity index (χ0) is 25.7. The average molecular weight is 489 g/mol. The Hall–Kier alpha value is -3.61. The SMILES string of the molecule is CCCCOc1ccccc1C(C)(C)Nc1nccn(-c2cc(C(=O)NC3CC3)ccc2CC)c1=O. The van der Waals surface area contributed by atoms with E-state index in [1.165, 1.54) is 0 Å². The number of para-hydroxylation sites is 1. The van der Waals surface area contributed by atoms with Crippen molar-refractivity contribution in [2.75, 3.05) is 11.9 Å². The molecule has 1 saturated carbocycles. The highest BCUT2D eigenvalue weighted by molar-refractivity contribution is 5.95. The van der Waals surface area contributed by atoms with Crippen molar-refractivity contribution in [3.8, 4) is 11.4 Å². The highest BCUT2D eigenvalue weighted by Crippen LogP contribution is 2.32. The molecule has 190 valence electrons. The number of anilines is 1. The summed E-state index contributed by atoms with van der Waals surface area (Å²) >= 11 is 0. The van der Waals surface area contributed by atoms with E-state index in [4.69, 9.17) is 4.74 Å². The van der Waals surface area contributed by atoms with Crippen LogP contribution in [0.3, 0.4) is 0 Å². The number of carbonyl (C=O) groups is 1. The number of amides is 1. The van der Waals surface area contributed by atoms with Crippen molar-refractivity contribution in [2.24, 2.45) is 0 Å². The second-order valence-corrected chi connectivity index (χ2v) is 9.84. The van der Waals surface area contributed by atoms with E-state index in [0.29, 0.717) is 17.9 Å². The second-order valence-electron chi connectivity index (χ2n) is 9.84. The van der Waals surface area contributed by atoms with Crippen LogP contribution in [0.15, 0.2) is 59.7 Å². The van der Waals surface area contributed by atoms with Crippen molar-refractivity contribution < 1.29 is 9.53 Å². The smallest absolute Gasteiger partial charge is 0.297 e. The molecule has 1 fully saturated rings. The van der Waals surface area contributed by atoms with Gasteiger partial charge in [0.05, 0.1) is 17.8 Å². The molecule has 0 spiro atoms. The van der Waals surface area contributed by atoms with E-state index in [1.807, 2.05) is 57.2 Å². The van der Waals surface area contributed by atoms with E-state index >= 15 is 0 Å². The van der Waals surface area contributed by atoms with E-state index < -0.39 is 5.54 Å². The minimum atomic E-state index is -0.617. The zero-order valence-corrected chi connectivity index (χ0v) is 21.6. The van der Waals surface area contributed by atoms with Crippen molar-refractivity contribution in [2.45, 2.75) is 71.4 Å². The lowest BCUT2D eigenvalue weighted by atomic mass is 9.93. The van der Waals surface area contributed by atoms with Gasteiger partial charge in [-0.2, -0.15) is 0 Å². The first-order valence-corrected chi connectivity index (χ1v) is 12.9. The maximum Gasteiger partial charge on any atom is 0.297 e. The fraction of sp³-hybridized carbons (Fsp3) is 0.414. The Morgan fingerprint density at radius 3 is 2.67 bits per heavy atom. The van der Waals surface area contributed by atoms with Crippen LogP contribution in [0.2, 0.25) is 0 Å². The molecule has 0 atom stereocenters. The number of carbonyl (C=O) groups excluding carboxylic acids is 1. The minimum Gasteiger partial charge on any atom is -0.493 e. The summed E-state index contributed by atoms with van der Waals surface area (Å²) in [7, 11) is 0. The molecule has 7 nitrogen and oxygen atoms in total. The Morgan fingerprint density at radius 1 is 1.17 bits per heavy atom. The number of benzene rings is 2. The van der Waals surface area contributed by atoms with E-state index in [0.717, 1.165) is 49.0 Å². The monoisotopic (exact) mass is 488 g/mol. The van der Waals surface area contributed by atoms with Crippen molar-refractivity contribution in [3.05, 3.63) is 81.9 Å². The molecule has 1 aliphatic rings. The van der Waals surface area contributed by atoms with Gasteiger partial charge in [0, 0.05) is 29.6 Å². The van der Waals surface area contributed by atoms with Gasteiger partial charge < -0.3 is 15.4 Å². The summed E-state index contributed by atoms with van der Waals surface area (Å²) in [4.78, 5) is 30.7. The van der Waals surface area contributed by atoms with Crippen LogP contribution >= 0.6 is 0 Å². The first-order chi connectivity index (χ1) is 17.3. The summed E-state index contributed by atoms with van der Waals surface area (Å²) < 4.78 is 7.61. The molecular weight excluding hydrogens is 452 g/mol. The van der Waals surface area contributed by atoms with E-state index in [9.17, 15) is 9.59 Å². The standard InChI is InChI=1S/C29H36N4O3/c1-5-7-18-36-25-11-9-8-10-23(25)29(3,4)32-26-28(35)33(17-16-30-26)24-19-21(13-12-20(24)6-2)27(34)31-22-14-15-22/h8-13,16-17,19,22H,5-7,14-15,18H2,1-4H3,(H,30,32)(H,31,34). The maximum atomic E-state index is 13.6. The Morgan fingerprint density at radius 2 is 1.94 bits per heavy atom. The lowest BCUT2D eigenvalue weighted by Gasteiger charge is -2.29. The van der Waals surface area contributed by atoms with Gasteiger partial charge in [-0.1, -0.05) is 44.5 Å². The summed E-state index contributed by atoms with van der Waals surface area (Å²) in [5.74, 6) is 0.922. The summed E-state index contributed by atoms with van der Waals surface area (Å²) in [6.45, 7) is 8.82. The number of hydrogen-bond acceptors (Lipinski definition) is 5. The first kappa shape index (κ1) is 25.5. The third kappa shape index (κ3) is 5.78. The summed E-state index contributed by atoms with van der Waals surface area (Å²) in [5, 5.41) is 6.37. The third-order valence-corrected chi connectivity index (χ3v) is 6.49. The van der Waals surface area contributed by atoms with E-state index in [1.54, 1.807) is 23.0 Å². The fourth-order valence-electron chi connectivity index (χ4n) is 4.21. The second kappa shape index (κ2) is 11.0. The van der Waals surface area contributed by atoms with Crippen LogP contribution in [-0.2, 0) is 12.0 Å². The molecule has 0 unspecified atom stereocenters. The Balaban J connectivity index is 1.66. The molecule has 2 aromatic carbocycles. The molecular formula is C29H36N4O3. The summed E-state index contributed by atoms with van der Waals surface area (Å²) in [6, 6.07) is 13.7. The van der Waals surface area contributed by atoms with Crippen LogP contribution in [0.1, 0.15) is 74.9 Å². The molecule has 1 aliphatic carbocycles. The maximum absolute atomic E-state index is 13.6. The summed E-state index contributed by atoms with van der Waals surface area (Å²) in [5.41, 5.74) is 2.28. The number of aryl methyl sites for hydroxylation is 1. The number of nitrogens with zero attached hydrogens (tertiary/aromatic N) is 2. The van der Waals surface area contributed by atoms with Crippen LogP contribution in [0, 0.1) is 0 Å². The van der Waals surface area contributed by atoms with E-state index in [2.05, 4.69) is 22.5 Å². The van der Waals surface area contributed by atoms with Gasteiger partial charge >= 0.3 is 0 Å². The normalized spacial score (nSPS) is 13.3. The Labute approximate surface area is 212 Å². The van der Waals surface area contributed by atoms with Crippen LogP contribution in [0.4, 0.5) is 5.82 Å². The number of unbranched alkanes of at least 4 members (excludes halogenated alkanes) is 1. The molecule has 2 N–H and O–H groups in total. The van der Waals surface area contributed by atoms with Gasteiger partial charge in [0.15, 0.2) is 5.82 Å². The van der Waals surface area contributed by atoms with Gasteiger partial charge in [0.1, 0.15) is 5.75 Å². The van der Waals surface area contributed by atoms with Gasteiger partial charge in [-0.15, -0.1) is 0 Å². The van der Waals surface area contributed by atoms with Crippen molar-refractivity contribution in [1.29, 1.82) is 0 Å². The first-order valence-electron chi connectivity index (χ1n) is 12.9. The molecule has 0 bridgehead atoms. The number of rotatable bonds is 11. The molecule has 3 aromatic rings. The quantitative estimate of drug-likeness (QED) is 0.362. The van der Waals surface area contributed by atoms with E-state index in [-0.39, 0.29) is 23.3 Å². The van der Waals surface area contributed by atoms with Gasteiger partial charge in [0.25, 0.3) is 11.5 Å². The zero-order valence-electron chi connectivity index (χ0n) is 21.6. The number of ether oxygens (including phenoxy) is 1.